The molecule has 1 fully saturated rings. The predicted molar refractivity (Wildman–Crippen MR) is 124 cm³/mol. The SMILES string of the molecule is CCOC(=O)c1cc2n(n1)CC(C)(C(=O)NC1CCCCC1)N(c1ccc(C)c(C)c1)C2=O. The van der Waals surface area contributed by atoms with E-state index >= 15 is 0 Å². The maximum Gasteiger partial charge on any atom is 0.358 e. The molecule has 1 aliphatic carbocycles. The van der Waals surface area contributed by atoms with Crippen LogP contribution in [-0.4, -0.2) is 45.8 Å². The van der Waals surface area contributed by atoms with Crippen LogP contribution >= 0.6 is 0 Å². The molecule has 2 heterocycles. The first-order valence-corrected chi connectivity index (χ1v) is 11.7. The number of anilines is 1. The second-order valence-corrected chi connectivity index (χ2v) is 9.28. The largest absolute Gasteiger partial charge is 0.461 e. The molecule has 4 rings (SSSR count). The number of fused-ring (bicyclic) bond motifs is 1. The molecule has 1 aromatic carbocycles. The topological polar surface area (TPSA) is 93.5 Å². The van der Waals surface area contributed by atoms with Crippen molar-refractivity contribution in [3.8, 4) is 0 Å². The van der Waals surface area contributed by atoms with E-state index in [2.05, 4.69) is 10.4 Å². The quantitative estimate of drug-likeness (QED) is 0.701. The average molecular weight is 453 g/mol. The molecule has 1 unspecified atom stereocenters. The molecule has 1 aliphatic heterocycles. The first kappa shape index (κ1) is 23.0. The highest BCUT2D eigenvalue weighted by Crippen LogP contribution is 2.34. The molecule has 176 valence electrons. The summed E-state index contributed by atoms with van der Waals surface area (Å²) in [5, 5.41) is 7.51. The van der Waals surface area contributed by atoms with Crippen molar-refractivity contribution in [3.63, 3.8) is 0 Å². The number of amides is 2. The second kappa shape index (κ2) is 9.00. The Kier molecular flexibility index (Phi) is 6.28. The minimum atomic E-state index is -1.21. The number of aryl methyl sites for hydroxylation is 2. The third-order valence-corrected chi connectivity index (χ3v) is 6.82. The molecule has 0 radical (unpaired) electrons. The number of esters is 1. The van der Waals surface area contributed by atoms with E-state index in [-0.39, 0.29) is 42.4 Å². The zero-order valence-corrected chi connectivity index (χ0v) is 19.8. The van der Waals surface area contributed by atoms with E-state index in [9.17, 15) is 14.4 Å². The molecule has 0 bridgehead atoms. The highest BCUT2D eigenvalue weighted by atomic mass is 16.5. The van der Waals surface area contributed by atoms with Crippen molar-refractivity contribution in [2.45, 2.75) is 77.9 Å². The highest BCUT2D eigenvalue weighted by Gasteiger charge is 2.49. The van der Waals surface area contributed by atoms with Gasteiger partial charge in [-0.05, 0) is 63.8 Å². The van der Waals surface area contributed by atoms with Gasteiger partial charge in [0.2, 0.25) is 5.91 Å². The minimum absolute atomic E-state index is 0.0668. The fourth-order valence-electron chi connectivity index (χ4n) is 4.74. The number of rotatable bonds is 5. The highest BCUT2D eigenvalue weighted by molar-refractivity contribution is 6.12. The summed E-state index contributed by atoms with van der Waals surface area (Å²) >= 11 is 0. The van der Waals surface area contributed by atoms with Gasteiger partial charge in [-0.3, -0.25) is 19.2 Å². The zero-order valence-electron chi connectivity index (χ0n) is 19.8. The van der Waals surface area contributed by atoms with Gasteiger partial charge in [-0.15, -0.1) is 0 Å². The van der Waals surface area contributed by atoms with Gasteiger partial charge in [0.15, 0.2) is 5.69 Å². The Balaban J connectivity index is 1.76. The maximum absolute atomic E-state index is 13.8. The lowest BCUT2D eigenvalue weighted by atomic mass is 9.91. The first-order valence-electron chi connectivity index (χ1n) is 11.7. The van der Waals surface area contributed by atoms with Crippen molar-refractivity contribution >= 4 is 23.5 Å². The van der Waals surface area contributed by atoms with E-state index in [0.29, 0.717) is 5.69 Å². The number of hydrogen-bond acceptors (Lipinski definition) is 5. The summed E-state index contributed by atoms with van der Waals surface area (Å²) in [4.78, 5) is 41.3. The van der Waals surface area contributed by atoms with Crippen LogP contribution in [0, 0.1) is 13.8 Å². The summed E-state index contributed by atoms with van der Waals surface area (Å²) in [7, 11) is 0. The van der Waals surface area contributed by atoms with Gasteiger partial charge < -0.3 is 10.1 Å². The van der Waals surface area contributed by atoms with Crippen molar-refractivity contribution in [3.05, 3.63) is 46.8 Å². The van der Waals surface area contributed by atoms with Crippen molar-refractivity contribution in [2.24, 2.45) is 0 Å². The Hall–Kier alpha value is -3.16. The van der Waals surface area contributed by atoms with Gasteiger partial charge in [0.05, 0.1) is 13.2 Å². The molecular formula is C25H32N4O4. The number of carbonyl (C=O) groups excluding carboxylic acids is 3. The molecule has 8 nitrogen and oxygen atoms in total. The number of nitrogens with zero attached hydrogens (tertiary/aromatic N) is 3. The lowest BCUT2D eigenvalue weighted by Crippen LogP contribution is -2.65. The summed E-state index contributed by atoms with van der Waals surface area (Å²) in [6, 6.07) is 7.30. The molecule has 2 aromatic rings. The van der Waals surface area contributed by atoms with Crippen LogP contribution in [0.2, 0.25) is 0 Å². The standard InChI is InChI=1S/C25H32N4O4/c1-5-33-23(31)20-14-21-22(30)29(19-12-11-16(2)17(3)13-19)25(4,15-28(21)27-20)24(32)26-18-9-7-6-8-10-18/h11-14,18H,5-10,15H2,1-4H3,(H,26,32). The van der Waals surface area contributed by atoms with Crippen LogP contribution in [0.4, 0.5) is 5.69 Å². The molecule has 2 amide bonds. The van der Waals surface area contributed by atoms with E-state index in [1.165, 1.54) is 17.2 Å². The summed E-state index contributed by atoms with van der Waals surface area (Å²) in [5.74, 6) is -1.16. The van der Waals surface area contributed by atoms with Gasteiger partial charge in [0, 0.05) is 17.8 Å². The van der Waals surface area contributed by atoms with Gasteiger partial charge in [-0.1, -0.05) is 25.3 Å². The van der Waals surface area contributed by atoms with E-state index in [4.69, 9.17) is 4.74 Å². The summed E-state index contributed by atoms with van der Waals surface area (Å²) in [5.41, 5.74) is 1.90. The Morgan fingerprint density at radius 2 is 1.88 bits per heavy atom. The molecule has 33 heavy (non-hydrogen) atoms. The number of carbonyl (C=O) groups is 3. The third-order valence-electron chi connectivity index (χ3n) is 6.82. The summed E-state index contributed by atoms with van der Waals surface area (Å²) in [6.45, 7) is 7.83. The van der Waals surface area contributed by atoms with Gasteiger partial charge in [-0.2, -0.15) is 5.10 Å². The fourth-order valence-corrected chi connectivity index (χ4v) is 4.74. The van der Waals surface area contributed by atoms with Crippen LogP contribution in [0.25, 0.3) is 0 Å². The predicted octanol–water partition coefficient (Wildman–Crippen LogP) is 3.54. The summed E-state index contributed by atoms with van der Waals surface area (Å²) < 4.78 is 6.53. The lowest BCUT2D eigenvalue weighted by Gasteiger charge is -2.44. The van der Waals surface area contributed by atoms with Crippen LogP contribution in [0.3, 0.4) is 0 Å². The Morgan fingerprint density at radius 3 is 2.55 bits per heavy atom. The molecule has 1 saturated carbocycles. The Labute approximate surface area is 194 Å². The second-order valence-electron chi connectivity index (χ2n) is 9.28. The van der Waals surface area contributed by atoms with Gasteiger partial charge >= 0.3 is 5.97 Å². The average Bonchev–Trinajstić information content (AvgIpc) is 3.21. The Morgan fingerprint density at radius 1 is 1.15 bits per heavy atom. The normalized spacial score (nSPS) is 21.0. The molecule has 1 N–H and O–H groups in total. The van der Waals surface area contributed by atoms with Crippen LogP contribution in [-0.2, 0) is 16.1 Å². The number of aromatic nitrogens is 2. The van der Waals surface area contributed by atoms with Gasteiger partial charge in [0.1, 0.15) is 11.2 Å². The van der Waals surface area contributed by atoms with Crippen molar-refractivity contribution in [1.82, 2.24) is 15.1 Å². The monoisotopic (exact) mass is 452 g/mol. The number of nitrogens with one attached hydrogen (secondary N) is 1. The zero-order chi connectivity index (χ0) is 23.8. The van der Waals surface area contributed by atoms with E-state index in [0.717, 1.165) is 36.8 Å². The van der Waals surface area contributed by atoms with E-state index in [1.807, 2.05) is 32.0 Å². The van der Waals surface area contributed by atoms with Crippen LogP contribution in [0.1, 0.15) is 78.1 Å². The van der Waals surface area contributed by atoms with Crippen molar-refractivity contribution in [2.75, 3.05) is 11.5 Å². The maximum atomic E-state index is 13.8. The molecule has 2 aliphatic rings. The number of hydrogen-bond donors (Lipinski definition) is 1. The molecule has 1 aromatic heterocycles. The van der Waals surface area contributed by atoms with Gasteiger partial charge in [0.25, 0.3) is 5.91 Å². The lowest BCUT2D eigenvalue weighted by molar-refractivity contribution is -0.127. The third kappa shape index (κ3) is 4.26. The van der Waals surface area contributed by atoms with Crippen LogP contribution in [0.5, 0.6) is 0 Å². The fraction of sp³-hybridized carbons (Fsp3) is 0.520. The van der Waals surface area contributed by atoms with Gasteiger partial charge in [-0.25, -0.2) is 4.79 Å². The molecule has 8 heteroatoms. The first-order chi connectivity index (χ1) is 15.7. The van der Waals surface area contributed by atoms with Crippen LogP contribution in [0.15, 0.2) is 24.3 Å². The number of benzene rings is 1. The van der Waals surface area contributed by atoms with Crippen molar-refractivity contribution < 1.29 is 19.1 Å². The Bertz CT molecular complexity index is 1090. The summed E-state index contributed by atoms with van der Waals surface area (Å²) in [6.07, 6.45) is 5.25. The van der Waals surface area contributed by atoms with E-state index in [1.54, 1.807) is 18.7 Å². The van der Waals surface area contributed by atoms with Crippen molar-refractivity contribution in [1.29, 1.82) is 0 Å². The molecule has 1 atom stereocenters. The van der Waals surface area contributed by atoms with E-state index < -0.39 is 11.5 Å². The smallest absolute Gasteiger partial charge is 0.358 e. The number of ether oxygens (including phenoxy) is 1. The molecule has 0 saturated heterocycles. The minimum Gasteiger partial charge on any atom is -0.461 e. The van der Waals surface area contributed by atoms with Crippen LogP contribution < -0.4 is 10.2 Å². The molecular weight excluding hydrogens is 420 g/mol. The molecule has 0 spiro atoms.